The van der Waals surface area contributed by atoms with Crippen molar-refractivity contribution >= 4 is 5.97 Å². The molecular weight excluding hydrogens is 504 g/mol. The van der Waals surface area contributed by atoms with E-state index in [4.69, 9.17) is 18.9 Å². The Morgan fingerprint density at radius 1 is 0.650 bits per heavy atom. The van der Waals surface area contributed by atoms with Crippen molar-refractivity contribution in [3.63, 3.8) is 0 Å². The Kier molecular flexibility index (Phi) is 10.7. The van der Waals surface area contributed by atoms with Crippen LogP contribution < -0.4 is 14.2 Å². The Labute approximate surface area is 235 Å². The van der Waals surface area contributed by atoms with Crippen LogP contribution >= 0.6 is 0 Å². The van der Waals surface area contributed by atoms with Crippen LogP contribution in [0.2, 0.25) is 0 Å². The van der Waals surface area contributed by atoms with E-state index >= 15 is 0 Å². The van der Waals surface area contributed by atoms with Crippen LogP contribution in [0.15, 0.2) is 103 Å². The van der Waals surface area contributed by atoms with E-state index in [1.165, 1.54) is 0 Å². The number of nitrogens with zero attached hydrogens (tertiary/aromatic N) is 2. The summed E-state index contributed by atoms with van der Waals surface area (Å²) in [4.78, 5) is 20.1. The molecule has 0 bridgehead atoms. The molecule has 7 nitrogen and oxygen atoms in total. The largest absolute Gasteiger partial charge is 0.494 e. The summed E-state index contributed by atoms with van der Waals surface area (Å²) in [6, 6.07) is 25.6. The second kappa shape index (κ2) is 15.1. The number of benzene rings is 2. The zero-order valence-electron chi connectivity index (χ0n) is 22.8. The molecule has 4 aromatic rings. The van der Waals surface area contributed by atoms with E-state index in [0.29, 0.717) is 32.0 Å². The van der Waals surface area contributed by atoms with Crippen molar-refractivity contribution in [2.24, 2.45) is 0 Å². The average molecular weight is 539 g/mol. The lowest BCUT2D eigenvalue weighted by molar-refractivity contribution is -0.139. The van der Waals surface area contributed by atoms with Crippen LogP contribution in [0.25, 0.3) is 22.5 Å². The molecule has 2 aromatic heterocycles. The third-order valence-electron chi connectivity index (χ3n) is 5.92. The highest BCUT2D eigenvalue weighted by Gasteiger charge is 2.04. The first-order valence-electron chi connectivity index (χ1n) is 13.4. The minimum absolute atomic E-state index is 0.348. The van der Waals surface area contributed by atoms with E-state index in [9.17, 15) is 4.79 Å². The van der Waals surface area contributed by atoms with Crippen LogP contribution in [-0.4, -0.2) is 42.4 Å². The molecule has 2 heterocycles. The first-order chi connectivity index (χ1) is 19.6. The topological polar surface area (TPSA) is 79.8 Å². The first-order valence-corrected chi connectivity index (χ1v) is 13.4. The van der Waals surface area contributed by atoms with Crippen LogP contribution in [0.3, 0.4) is 0 Å². The minimum atomic E-state index is -0.348. The summed E-state index contributed by atoms with van der Waals surface area (Å²) in [5, 5.41) is 0. The van der Waals surface area contributed by atoms with Gasteiger partial charge in [0.2, 0.25) is 0 Å². The van der Waals surface area contributed by atoms with Gasteiger partial charge in [-0.15, -0.1) is 0 Å². The van der Waals surface area contributed by atoms with Gasteiger partial charge >= 0.3 is 5.97 Å². The molecule has 2 aromatic carbocycles. The van der Waals surface area contributed by atoms with Crippen LogP contribution in [0.1, 0.15) is 26.2 Å². The highest BCUT2D eigenvalue weighted by atomic mass is 16.5. The smallest absolute Gasteiger partial charge is 0.333 e. The maximum Gasteiger partial charge on any atom is 0.333 e. The number of aromatic nitrogens is 2. The number of rotatable bonds is 15. The number of esters is 1. The maximum atomic E-state index is 11.4. The zero-order valence-corrected chi connectivity index (χ0v) is 22.8. The van der Waals surface area contributed by atoms with Gasteiger partial charge in [-0.1, -0.05) is 36.9 Å². The van der Waals surface area contributed by atoms with Gasteiger partial charge in [0.1, 0.15) is 17.2 Å². The highest BCUT2D eigenvalue weighted by Crippen LogP contribution is 2.25. The predicted octanol–water partition coefficient (Wildman–Crippen LogP) is 6.94. The van der Waals surface area contributed by atoms with Crippen LogP contribution in [0.4, 0.5) is 0 Å². The van der Waals surface area contributed by atoms with Crippen LogP contribution in [0.5, 0.6) is 17.2 Å². The molecule has 0 N–H and O–H groups in total. The Hall–Kier alpha value is -4.65. The van der Waals surface area contributed by atoms with Crippen LogP contribution in [0, 0.1) is 0 Å². The monoisotopic (exact) mass is 538 g/mol. The van der Waals surface area contributed by atoms with Gasteiger partial charge < -0.3 is 18.9 Å². The van der Waals surface area contributed by atoms with E-state index in [1.807, 2.05) is 78.9 Å². The summed E-state index contributed by atoms with van der Waals surface area (Å²) in [7, 11) is 0. The molecule has 0 atom stereocenters. The summed E-state index contributed by atoms with van der Waals surface area (Å²) in [5.74, 6) is 2.00. The first kappa shape index (κ1) is 28.4. The molecule has 0 amide bonds. The number of unbranched alkanes of at least 4 members (excludes halogenated alkanes) is 1. The van der Waals surface area contributed by atoms with E-state index in [-0.39, 0.29) is 5.97 Å². The van der Waals surface area contributed by atoms with Crippen molar-refractivity contribution in [2.45, 2.75) is 26.2 Å². The standard InChI is InChI=1S/C33H34N2O5/c1-25(2)33(36)40-21-6-5-20-37-28-13-9-26(10-14-28)27-11-15-29(16-12-27)38-22-7-23-39-30-17-18-32(35-24-30)31-8-3-4-19-34-31/h3-4,8-19,24H,1,5-7,20-23H2,2H3. The number of carbonyl (C=O) groups is 1. The van der Waals surface area contributed by atoms with Gasteiger partial charge in [0.15, 0.2) is 0 Å². The normalized spacial score (nSPS) is 10.5. The molecule has 0 fully saturated rings. The van der Waals surface area contributed by atoms with Crippen molar-refractivity contribution in [1.29, 1.82) is 0 Å². The Balaban J connectivity index is 1.12. The number of hydrogen-bond donors (Lipinski definition) is 0. The molecule has 40 heavy (non-hydrogen) atoms. The summed E-state index contributed by atoms with van der Waals surface area (Å²) < 4.78 is 22.5. The minimum Gasteiger partial charge on any atom is -0.494 e. The number of ether oxygens (including phenoxy) is 4. The average Bonchev–Trinajstić information content (AvgIpc) is 3.00. The Bertz CT molecular complexity index is 1340. The lowest BCUT2D eigenvalue weighted by Gasteiger charge is -2.10. The van der Waals surface area contributed by atoms with Crippen molar-refractivity contribution < 1.29 is 23.7 Å². The van der Waals surface area contributed by atoms with Gasteiger partial charge in [0, 0.05) is 18.2 Å². The molecule has 0 spiro atoms. The third-order valence-corrected chi connectivity index (χ3v) is 5.92. The maximum absolute atomic E-state index is 11.4. The molecule has 0 saturated heterocycles. The SMILES string of the molecule is C=C(C)C(=O)OCCCCOc1ccc(-c2ccc(OCCCOc3ccc(-c4ccccn4)nc3)cc2)cc1. The highest BCUT2D eigenvalue weighted by molar-refractivity contribution is 5.86. The van der Waals surface area contributed by atoms with Crippen molar-refractivity contribution in [3.05, 3.63) is 103 Å². The Morgan fingerprint density at radius 2 is 1.20 bits per heavy atom. The molecule has 0 aliphatic rings. The zero-order chi connectivity index (χ0) is 28.0. The fourth-order valence-electron chi connectivity index (χ4n) is 3.74. The van der Waals surface area contributed by atoms with E-state index in [2.05, 4.69) is 16.5 Å². The van der Waals surface area contributed by atoms with Crippen molar-refractivity contribution in [2.75, 3.05) is 26.4 Å². The number of carbonyl (C=O) groups excluding carboxylic acids is 1. The number of hydrogen-bond acceptors (Lipinski definition) is 7. The van der Waals surface area contributed by atoms with Gasteiger partial charge in [0.25, 0.3) is 0 Å². The van der Waals surface area contributed by atoms with Crippen molar-refractivity contribution in [3.8, 4) is 39.8 Å². The van der Waals surface area contributed by atoms with E-state index in [0.717, 1.165) is 59.0 Å². The van der Waals surface area contributed by atoms with Gasteiger partial charge in [-0.2, -0.15) is 0 Å². The molecule has 0 aliphatic carbocycles. The second-order valence-corrected chi connectivity index (χ2v) is 9.17. The van der Waals surface area contributed by atoms with Crippen molar-refractivity contribution in [1.82, 2.24) is 9.97 Å². The fourth-order valence-corrected chi connectivity index (χ4v) is 3.74. The van der Waals surface area contributed by atoms with Gasteiger partial charge in [-0.25, -0.2) is 4.79 Å². The Morgan fingerprint density at radius 3 is 1.75 bits per heavy atom. The summed E-state index contributed by atoms with van der Waals surface area (Å²) in [6.07, 6.45) is 5.77. The molecular formula is C33H34N2O5. The van der Waals surface area contributed by atoms with Gasteiger partial charge in [0.05, 0.1) is 44.0 Å². The van der Waals surface area contributed by atoms with Gasteiger partial charge in [-0.3, -0.25) is 9.97 Å². The summed E-state index contributed by atoms with van der Waals surface area (Å²) in [5.41, 5.74) is 4.27. The molecule has 0 radical (unpaired) electrons. The molecule has 0 aliphatic heterocycles. The molecule has 4 rings (SSSR count). The molecule has 206 valence electrons. The van der Waals surface area contributed by atoms with Gasteiger partial charge in [-0.05, 0) is 79.4 Å². The lowest BCUT2D eigenvalue weighted by atomic mass is 10.1. The number of pyridine rings is 2. The molecule has 7 heteroatoms. The van der Waals surface area contributed by atoms with E-state index in [1.54, 1.807) is 19.3 Å². The molecule has 0 saturated carbocycles. The summed E-state index contributed by atoms with van der Waals surface area (Å²) >= 11 is 0. The molecule has 0 unspecified atom stereocenters. The fraction of sp³-hybridized carbons (Fsp3) is 0.242. The lowest BCUT2D eigenvalue weighted by Crippen LogP contribution is -2.07. The summed E-state index contributed by atoms with van der Waals surface area (Å²) in [6.45, 7) is 7.24. The predicted molar refractivity (Wildman–Crippen MR) is 155 cm³/mol. The van der Waals surface area contributed by atoms with E-state index < -0.39 is 0 Å². The third kappa shape index (κ3) is 8.98. The van der Waals surface area contributed by atoms with Crippen LogP contribution in [-0.2, 0) is 9.53 Å². The second-order valence-electron chi connectivity index (χ2n) is 9.17. The quantitative estimate of drug-likeness (QED) is 0.0922.